The largest absolute Gasteiger partial charge is 0.352 e. The van der Waals surface area contributed by atoms with E-state index in [2.05, 4.69) is 36.5 Å². The average molecular weight is 470 g/mol. The molecule has 2 aromatic heterocycles. The van der Waals surface area contributed by atoms with Crippen molar-refractivity contribution in [1.82, 2.24) is 20.2 Å². The Morgan fingerprint density at radius 1 is 1.04 bits per heavy atom. The average Bonchev–Trinajstić information content (AvgIpc) is 3.28. The molecule has 1 saturated heterocycles. The second-order valence-electron chi connectivity index (χ2n) is 6.86. The first-order chi connectivity index (χ1) is 11.9. The molecule has 3 aliphatic rings. The van der Waals surface area contributed by atoms with E-state index < -0.39 is 0 Å². The van der Waals surface area contributed by atoms with Gasteiger partial charge in [0.05, 0.1) is 22.3 Å². The molecule has 0 radical (unpaired) electrons. The number of anilines is 1. The van der Waals surface area contributed by atoms with E-state index >= 15 is 0 Å². The summed E-state index contributed by atoms with van der Waals surface area (Å²) in [7, 11) is 0. The molecule has 134 valence electrons. The molecule has 8 heteroatoms. The Hall–Kier alpha value is -1.16. The number of nitrogens with one attached hydrogen (secondary N) is 1. The van der Waals surface area contributed by atoms with Crippen LogP contribution in [0.2, 0.25) is 0 Å². The van der Waals surface area contributed by atoms with Crippen LogP contribution in [0.5, 0.6) is 0 Å². The Labute approximate surface area is 168 Å². The molecule has 4 heterocycles. The highest BCUT2D eigenvalue weighted by Crippen LogP contribution is 2.29. The minimum absolute atomic E-state index is 0. The first kappa shape index (κ1) is 17.3. The van der Waals surface area contributed by atoms with Crippen molar-refractivity contribution < 1.29 is 0 Å². The van der Waals surface area contributed by atoms with E-state index in [1.165, 1.54) is 30.4 Å². The quantitative estimate of drug-likeness (QED) is 0.650. The number of thiophene rings is 1. The smallest absolute Gasteiger partial charge is 0.194 e. The molecule has 25 heavy (non-hydrogen) atoms. The summed E-state index contributed by atoms with van der Waals surface area (Å²) in [6.07, 6.45) is 6.88. The number of piperazine rings is 1. The standard InChI is InChI=1S/C17H22N6S.HI/c1-2-4-13-12(3-1)20-17(21-13)23-8-6-22(7-9-23)16-15-14(5-10-24-15)18-11-19-16;/h5,10-13H,1-4,6-9H2,(H,20,21);1H/t12-,13-;/m1./s1. The van der Waals surface area contributed by atoms with Gasteiger partial charge in [0.2, 0.25) is 0 Å². The van der Waals surface area contributed by atoms with E-state index in [1.807, 2.05) is 0 Å². The predicted octanol–water partition coefficient (Wildman–Crippen LogP) is 2.70. The molecular weight excluding hydrogens is 447 g/mol. The topological polar surface area (TPSA) is 56.7 Å². The second kappa shape index (κ2) is 7.22. The van der Waals surface area contributed by atoms with Crippen LogP contribution in [0.1, 0.15) is 25.7 Å². The molecule has 2 atom stereocenters. The lowest BCUT2D eigenvalue weighted by atomic mass is 9.92. The fraction of sp³-hybridized carbons (Fsp3) is 0.588. The number of aliphatic imine (C=N–C) groups is 1. The number of rotatable bonds is 1. The summed E-state index contributed by atoms with van der Waals surface area (Å²) in [6.45, 7) is 3.98. The fourth-order valence-corrected chi connectivity index (χ4v) is 4.96. The molecule has 0 amide bonds. The van der Waals surface area contributed by atoms with Gasteiger partial charge < -0.3 is 15.1 Å². The lowest BCUT2D eigenvalue weighted by Gasteiger charge is -2.36. The molecule has 1 N–H and O–H groups in total. The highest BCUT2D eigenvalue weighted by atomic mass is 127. The lowest BCUT2D eigenvalue weighted by Crippen LogP contribution is -2.53. The first-order valence-corrected chi connectivity index (χ1v) is 9.79. The van der Waals surface area contributed by atoms with E-state index in [4.69, 9.17) is 4.99 Å². The van der Waals surface area contributed by atoms with Crippen molar-refractivity contribution in [1.29, 1.82) is 0 Å². The molecule has 5 rings (SSSR count). The van der Waals surface area contributed by atoms with Crippen molar-refractivity contribution in [2.24, 2.45) is 4.99 Å². The van der Waals surface area contributed by atoms with Gasteiger partial charge >= 0.3 is 0 Å². The highest BCUT2D eigenvalue weighted by Gasteiger charge is 2.33. The second-order valence-corrected chi connectivity index (χ2v) is 7.78. The minimum Gasteiger partial charge on any atom is -0.352 e. The number of aromatic nitrogens is 2. The molecule has 6 nitrogen and oxygen atoms in total. The van der Waals surface area contributed by atoms with Crippen LogP contribution in [0.4, 0.5) is 5.82 Å². The molecule has 2 fully saturated rings. The van der Waals surface area contributed by atoms with Gasteiger partial charge in [-0.25, -0.2) is 15.0 Å². The summed E-state index contributed by atoms with van der Waals surface area (Å²) in [5.74, 6) is 2.22. The zero-order chi connectivity index (χ0) is 15.9. The summed E-state index contributed by atoms with van der Waals surface area (Å²) in [6, 6.07) is 3.17. The number of hydrogen-bond acceptors (Lipinski definition) is 7. The van der Waals surface area contributed by atoms with Crippen molar-refractivity contribution in [2.45, 2.75) is 37.8 Å². The SMILES string of the molecule is I.c1nc(N2CCN(C3=N[C@@H]4CCCC[C@H]4N3)CC2)c2sccc2n1. The van der Waals surface area contributed by atoms with E-state index in [0.717, 1.165) is 43.5 Å². The molecule has 0 bridgehead atoms. The van der Waals surface area contributed by atoms with Crippen molar-refractivity contribution in [2.75, 3.05) is 31.1 Å². The van der Waals surface area contributed by atoms with Gasteiger partial charge in [-0.1, -0.05) is 12.8 Å². The Morgan fingerprint density at radius 2 is 1.84 bits per heavy atom. The third-order valence-electron chi connectivity index (χ3n) is 5.44. The van der Waals surface area contributed by atoms with Crippen LogP contribution in [0, 0.1) is 0 Å². The van der Waals surface area contributed by atoms with Gasteiger partial charge in [-0.2, -0.15) is 0 Å². The van der Waals surface area contributed by atoms with Gasteiger partial charge in [-0.15, -0.1) is 35.3 Å². The van der Waals surface area contributed by atoms with Crippen molar-refractivity contribution in [3.63, 3.8) is 0 Å². The molecular formula is C17H23IN6S. The van der Waals surface area contributed by atoms with Gasteiger partial charge in [0, 0.05) is 26.2 Å². The Morgan fingerprint density at radius 3 is 2.68 bits per heavy atom. The summed E-state index contributed by atoms with van der Waals surface area (Å²) in [5, 5.41) is 5.77. The zero-order valence-electron chi connectivity index (χ0n) is 14.1. The molecule has 0 unspecified atom stereocenters. The lowest BCUT2D eigenvalue weighted by molar-refractivity contribution is 0.362. The Bertz CT molecular complexity index is 769. The third kappa shape index (κ3) is 3.18. The van der Waals surface area contributed by atoms with Gasteiger partial charge in [-0.3, -0.25) is 0 Å². The van der Waals surface area contributed by atoms with Crippen LogP contribution in [-0.2, 0) is 0 Å². The zero-order valence-corrected chi connectivity index (χ0v) is 17.2. The summed E-state index contributed by atoms with van der Waals surface area (Å²) >= 11 is 1.73. The fourth-order valence-electron chi connectivity index (χ4n) is 4.10. The maximum atomic E-state index is 4.96. The molecule has 2 aromatic rings. The molecule has 1 aliphatic carbocycles. The maximum Gasteiger partial charge on any atom is 0.194 e. The molecule has 1 saturated carbocycles. The van der Waals surface area contributed by atoms with Crippen LogP contribution in [0.3, 0.4) is 0 Å². The van der Waals surface area contributed by atoms with E-state index in [1.54, 1.807) is 17.7 Å². The van der Waals surface area contributed by atoms with Crippen molar-refractivity contribution >= 4 is 57.3 Å². The first-order valence-electron chi connectivity index (χ1n) is 8.91. The van der Waals surface area contributed by atoms with Gasteiger partial charge in [0.25, 0.3) is 0 Å². The predicted molar refractivity (Wildman–Crippen MR) is 113 cm³/mol. The summed E-state index contributed by atoms with van der Waals surface area (Å²) < 4.78 is 1.20. The number of halogens is 1. The van der Waals surface area contributed by atoms with Crippen LogP contribution in [0.15, 0.2) is 22.8 Å². The van der Waals surface area contributed by atoms with Gasteiger partial charge in [0.15, 0.2) is 5.96 Å². The van der Waals surface area contributed by atoms with Gasteiger partial charge in [-0.05, 0) is 24.3 Å². The number of fused-ring (bicyclic) bond motifs is 2. The Kier molecular flexibility index (Phi) is 4.99. The summed E-state index contributed by atoms with van der Waals surface area (Å²) in [4.78, 5) is 18.7. The van der Waals surface area contributed by atoms with Gasteiger partial charge in [0.1, 0.15) is 12.1 Å². The monoisotopic (exact) mass is 470 g/mol. The van der Waals surface area contributed by atoms with Crippen LogP contribution < -0.4 is 10.2 Å². The number of nitrogens with zero attached hydrogens (tertiary/aromatic N) is 5. The van der Waals surface area contributed by atoms with Crippen molar-refractivity contribution in [3.8, 4) is 0 Å². The number of guanidine groups is 1. The minimum atomic E-state index is 0. The van der Waals surface area contributed by atoms with Crippen molar-refractivity contribution in [3.05, 3.63) is 17.8 Å². The normalized spacial score (nSPS) is 26.0. The van der Waals surface area contributed by atoms with E-state index in [0.29, 0.717) is 12.1 Å². The molecule has 2 aliphatic heterocycles. The van der Waals surface area contributed by atoms with E-state index in [-0.39, 0.29) is 24.0 Å². The third-order valence-corrected chi connectivity index (χ3v) is 6.33. The molecule has 0 aromatic carbocycles. The number of hydrogen-bond donors (Lipinski definition) is 1. The molecule has 0 spiro atoms. The summed E-state index contributed by atoms with van der Waals surface area (Å²) in [5.41, 5.74) is 1.05. The Balaban J connectivity index is 0.00000157. The van der Waals surface area contributed by atoms with Crippen LogP contribution >= 0.6 is 35.3 Å². The van der Waals surface area contributed by atoms with E-state index in [9.17, 15) is 0 Å². The highest BCUT2D eigenvalue weighted by molar-refractivity contribution is 14.0. The maximum absolute atomic E-state index is 4.96. The van der Waals surface area contributed by atoms with Crippen LogP contribution in [-0.4, -0.2) is 59.1 Å². The van der Waals surface area contributed by atoms with Crippen LogP contribution in [0.25, 0.3) is 10.2 Å².